The highest BCUT2D eigenvalue weighted by Gasteiger charge is 2.05. The molecule has 0 atom stereocenters. The third-order valence-corrected chi connectivity index (χ3v) is 4.97. The lowest BCUT2D eigenvalue weighted by Crippen LogP contribution is -2.38. The molecule has 0 bridgehead atoms. The van der Waals surface area contributed by atoms with Crippen molar-refractivity contribution >= 4 is 35.6 Å². The van der Waals surface area contributed by atoms with Gasteiger partial charge in [0.2, 0.25) is 0 Å². The molecule has 0 aliphatic carbocycles. The van der Waals surface area contributed by atoms with Crippen molar-refractivity contribution in [1.29, 1.82) is 0 Å². The lowest BCUT2D eigenvalue weighted by Gasteiger charge is -2.23. The number of pyridine rings is 1. The Morgan fingerprint density at radius 1 is 1.10 bits per heavy atom. The van der Waals surface area contributed by atoms with E-state index < -0.39 is 0 Å². The molecule has 0 aliphatic heterocycles. The Hall–Kier alpha value is -2.62. The predicted octanol–water partition coefficient (Wildman–Crippen LogP) is 3.78. The van der Waals surface area contributed by atoms with Crippen molar-refractivity contribution in [3.05, 3.63) is 72.4 Å². The topological polar surface area (TPSA) is 70.4 Å². The molecule has 2 N–H and O–H groups in total. The van der Waals surface area contributed by atoms with Gasteiger partial charge >= 0.3 is 0 Å². The molecule has 2 aromatic heterocycles. The van der Waals surface area contributed by atoms with E-state index in [4.69, 9.17) is 0 Å². The van der Waals surface area contributed by atoms with Gasteiger partial charge in [0.25, 0.3) is 0 Å². The van der Waals surface area contributed by atoms with Crippen LogP contribution in [0.2, 0.25) is 0 Å². The second-order valence-corrected chi connectivity index (χ2v) is 6.99. The summed E-state index contributed by atoms with van der Waals surface area (Å²) in [6, 6.07) is 14.6. The zero-order chi connectivity index (χ0) is 21.2. The standard InChI is InChI=1S/C23H31N7.HI/c1-4-29(21-9-6-5-7-10-21)15-8-13-26-23(24-3)28-18-20-11-12-22(27-17-20)30-16-14-25-19(30)2;/h5-7,9-12,14,16-17H,4,8,13,15,18H2,1-3H3,(H2,24,26,28);1H. The molecular formula is C23H32IN7. The highest BCUT2D eigenvalue weighted by atomic mass is 127. The summed E-state index contributed by atoms with van der Waals surface area (Å²) in [5, 5.41) is 6.74. The number of imidazole rings is 1. The molecule has 0 amide bonds. The van der Waals surface area contributed by atoms with Crippen LogP contribution in [-0.4, -0.2) is 47.2 Å². The van der Waals surface area contributed by atoms with Crippen LogP contribution >= 0.6 is 24.0 Å². The fourth-order valence-electron chi connectivity index (χ4n) is 3.28. The van der Waals surface area contributed by atoms with Gasteiger partial charge in [-0.2, -0.15) is 0 Å². The summed E-state index contributed by atoms with van der Waals surface area (Å²) < 4.78 is 1.97. The molecule has 7 nitrogen and oxygen atoms in total. The minimum atomic E-state index is 0. The van der Waals surface area contributed by atoms with Gasteiger partial charge in [0, 0.05) is 57.5 Å². The number of aryl methyl sites for hydroxylation is 1. The van der Waals surface area contributed by atoms with Gasteiger partial charge in [0.05, 0.1) is 0 Å². The molecular weight excluding hydrogens is 501 g/mol. The largest absolute Gasteiger partial charge is 0.372 e. The summed E-state index contributed by atoms with van der Waals surface area (Å²) in [4.78, 5) is 15.5. The third-order valence-electron chi connectivity index (χ3n) is 4.97. The first-order chi connectivity index (χ1) is 14.7. The van der Waals surface area contributed by atoms with Crippen molar-refractivity contribution in [2.24, 2.45) is 4.99 Å². The van der Waals surface area contributed by atoms with Crippen LogP contribution in [0, 0.1) is 6.92 Å². The molecule has 166 valence electrons. The van der Waals surface area contributed by atoms with Gasteiger partial charge < -0.3 is 15.5 Å². The summed E-state index contributed by atoms with van der Waals surface area (Å²) >= 11 is 0. The Morgan fingerprint density at radius 2 is 1.90 bits per heavy atom. The third kappa shape index (κ3) is 7.23. The zero-order valence-corrected chi connectivity index (χ0v) is 20.8. The van der Waals surface area contributed by atoms with E-state index >= 15 is 0 Å². The van der Waals surface area contributed by atoms with Crippen LogP contribution in [0.1, 0.15) is 24.7 Å². The van der Waals surface area contributed by atoms with E-state index in [0.717, 1.165) is 49.2 Å². The van der Waals surface area contributed by atoms with E-state index in [1.807, 2.05) is 30.0 Å². The Labute approximate surface area is 202 Å². The second-order valence-electron chi connectivity index (χ2n) is 6.99. The van der Waals surface area contributed by atoms with Gasteiger partial charge in [0.1, 0.15) is 11.6 Å². The maximum atomic E-state index is 4.54. The number of anilines is 1. The maximum Gasteiger partial charge on any atom is 0.191 e. The van der Waals surface area contributed by atoms with E-state index in [1.165, 1.54) is 5.69 Å². The van der Waals surface area contributed by atoms with Gasteiger partial charge in [-0.15, -0.1) is 24.0 Å². The molecule has 3 rings (SSSR count). The number of aromatic nitrogens is 3. The number of halogens is 1. The lowest BCUT2D eigenvalue weighted by molar-refractivity contribution is 0.708. The average Bonchev–Trinajstić information content (AvgIpc) is 3.22. The number of hydrogen-bond acceptors (Lipinski definition) is 4. The van der Waals surface area contributed by atoms with E-state index in [9.17, 15) is 0 Å². The summed E-state index contributed by atoms with van der Waals surface area (Å²) in [7, 11) is 1.79. The quantitative estimate of drug-likeness (QED) is 0.190. The zero-order valence-electron chi connectivity index (χ0n) is 18.5. The molecule has 0 unspecified atom stereocenters. The van der Waals surface area contributed by atoms with Crippen LogP contribution in [0.3, 0.4) is 0 Å². The summed E-state index contributed by atoms with van der Waals surface area (Å²) in [6.07, 6.45) is 6.61. The monoisotopic (exact) mass is 533 g/mol. The van der Waals surface area contributed by atoms with Crippen molar-refractivity contribution in [2.45, 2.75) is 26.8 Å². The number of aliphatic imine (C=N–C) groups is 1. The predicted molar refractivity (Wildman–Crippen MR) is 139 cm³/mol. The summed E-state index contributed by atoms with van der Waals surface area (Å²) in [5.41, 5.74) is 2.37. The van der Waals surface area contributed by atoms with Gasteiger partial charge in [-0.1, -0.05) is 24.3 Å². The van der Waals surface area contributed by atoms with E-state index in [2.05, 4.69) is 73.8 Å². The van der Waals surface area contributed by atoms with Gasteiger partial charge in [-0.25, -0.2) is 9.97 Å². The van der Waals surface area contributed by atoms with Crippen molar-refractivity contribution in [1.82, 2.24) is 25.2 Å². The maximum absolute atomic E-state index is 4.54. The molecule has 0 spiro atoms. The Bertz CT molecular complexity index is 923. The molecule has 0 saturated carbocycles. The molecule has 2 heterocycles. The second kappa shape index (κ2) is 12.9. The molecule has 0 aliphatic rings. The van der Waals surface area contributed by atoms with Crippen LogP contribution in [0.15, 0.2) is 66.0 Å². The first-order valence-electron chi connectivity index (χ1n) is 10.4. The summed E-state index contributed by atoms with van der Waals surface area (Å²) in [5.74, 6) is 2.59. The molecule has 3 aromatic rings. The Morgan fingerprint density at radius 3 is 2.52 bits per heavy atom. The highest BCUT2D eigenvalue weighted by Crippen LogP contribution is 2.12. The number of nitrogens with one attached hydrogen (secondary N) is 2. The number of guanidine groups is 1. The van der Waals surface area contributed by atoms with Gasteiger partial charge in [-0.05, 0) is 44.0 Å². The number of para-hydroxylation sites is 1. The number of benzene rings is 1. The van der Waals surface area contributed by atoms with Gasteiger partial charge in [-0.3, -0.25) is 9.56 Å². The smallest absolute Gasteiger partial charge is 0.191 e. The molecule has 31 heavy (non-hydrogen) atoms. The SMILES string of the molecule is CCN(CCCNC(=NC)NCc1ccc(-n2ccnc2C)nc1)c1ccccc1.I. The number of rotatable bonds is 9. The van der Waals surface area contributed by atoms with Crippen molar-refractivity contribution < 1.29 is 0 Å². The van der Waals surface area contributed by atoms with Crippen molar-refractivity contribution in [3.63, 3.8) is 0 Å². The normalized spacial score (nSPS) is 11.0. The first kappa shape index (κ1) is 24.6. The van der Waals surface area contributed by atoms with Crippen LogP contribution in [0.4, 0.5) is 5.69 Å². The minimum Gasteiger partial charge on any atom is -0.372 e. The van der Waals surface area contributed by atoms with Gasteiger partial charge in [0.15, 0.2) is 5.96 Å². The van der Waals surface area contributed by atoms with E-state index in [-0.39, 0.29) is 24.0 Å². The van der Waals surface area contributed by atoms with E-state index in [0.29, 0.717) is 6.54 Å². The van der Waals surface area contributed by atoms with Crippen LogP contribution in [-0.2, 0) is 6.54 Å². The number of hydrogen-bond donors (Lipinski definition) is 2. The van der Waals surface area contributed by atoms with Crippen LogP contribution < -0.4 is 15.5 Å². The summed E-state index contributed by atoms with van der Waals surface area (Å²) in [6.45, 7) is 7.68. The fourth-order valence-corrected chi connectivity index (χ4v) is 3.28. The molecule has 1 aromatic carbocycles. The molecule has 0 saturated heterocycles. The van der Waals surface area contributed by atoms with Crippen LogP contribution in [0.25, 0.3) is 5.82 Å². The Balaban J connectivity index is 0.00000341. The van der Waals surface area contributed by atoms with Crippen molar-refractivity contribution in [3.8, 4) is 5.82 Å². The first-order valence-corrected chi connectivity index (χ1v) is 10.4. The van der Waals surface area contributed by atoms with E-state index in [1.54, 1.807) is 13.2 Å². The van der Waals surface area contributed by atoms with Crippen molar-refractivity contribution in [2.75, 3.05) is 31.6 Å². The number of nitrogens with zero attached hydrogens (tertiary/aromatic N) is 5. The average molecular weight is 533 g/mol. The molecule has 0 radical (unpaired) electrons. The fraction of sp³-hybridized carbons (Fsp3) is 0.348. The van der Waals surface area contributed by atoms with Crippen LogP contribution in [0.5, 0.6) is 0 Å². The highest BCUT2D eigenvalue weighted by molar-refractivity contribution is 14.0. The Kier molecular flexibility index (Phi) is 10.3. The molecule has 0 fully saturated rings. The molecule has 8 heteroatoms. The minimum absolute atomic E-state index is 0. The lowest BCUT2D eigenvalue weighted by atomic mass is 10.2.